The number of phenolic OH excluding ortho intramolecular Hbond substituents is 1. The molecule has 0 aliphatic rings. The number of hydrogen-bond acceptors (Lipinski definition) is 1. The van der Waals surface area contributed by atoms with Crippen LogP contribution in [0.1, 0.15) is 61.8 Å². The molecule has 0 unspecified atom stereocenters. The van der Waals surface area contributed by atoms with Crippen molar-refractivity contribution in [3.8, 4) is 56.2 Å². The van der Waals surface area contributed by atoms with Crippen molar-refractivity contribution in [2.45, 2.75) is 53.4 Å². The Hall–Kier alpha value is -5.41. The van der Waals surface area contributed by atoms with Gasteiger partial charge < -0.3 is 5.11 Å². The van der Waals surface area contributed by atoms with Crippen molar-refractivity contribution in [1.82, 2.24) is 4.57 Å². The minimum atomic E-state index is 0.293. The highest BCUT2D eigenvalue weighted by atomic mass is 16.3. The zero-order valence-corrected chi connectivity index (χ0v) is 29.6. The van der Waals surface area contributed by atoms with Gasteiger partial charge in [0.25, 0.3) is 5.82 Å². The first kappa shape index (κ1) is 32.2. The Morgan fingerprint density at radius 1 is 0.551 bits per heavy atom. The van der Waals surface area contributed by atoms with Gasteiger partial charge in [0, 0.05) is 22.3 Å². The van der Waals surface area contributed by atoms with Crippen LogP contribution in [-0.2, 0) is 7.05 Å². The first-order valence-corrected chi connectivity index (χ1v) is 17.4. The van der Waals surface area contributed by atoms with E-state index in [2.05, 4.69) is 161 Å². The Morgan fingerprint density at radius 3 is 1.78 bits per heavy atom. The molecule has 1 aromatic heterocycles. The average Bonchev–Trinajstić information content (AvgIpc) is 3.40. The third kappa shape index (κ3) is 5.44. The van der Waals surface area contributed by atoms with E-state index in [0.29, 0.717) is 17.6 Å². The van der Waals surface area contributed by atoms with E-state index in [9.17, 15) is 5.11 Å². The summed E-state index contributed by atoms with van der Waals surface area (Å²) in [4.78, 5) is 0. The molecule has 3 heteroatoms. The van der Waals surface area contributed by atoms with E-state index in [1.807, 2.05) is 24.3 Å². The summed E-state index contributed by atoms with van der Waals surface area (Å²) in [7, 11) is 2.19. The summed E-state index contributed by atoms with van der Waals surface area (Å²) in [5.74, 6) is 2.12. The molecule has 0 saturated carbocycles. The summed E-state index contributed by atoms with van der Waals surface area (Å²) < 4.78 is 4.85. The van der Waals surface area contributed by atoms with Crippen LogP contribution in [0.3, 0.4) is 0 Å². The molecule has 49 heavy (non-hydrogen) atoms. The number of aromatic nitrogens is 2. The fourth-order valence-electron chi connectivity index (χ4n) is 7.64. The lowest BCUT2D eigenvalue weighted by molar-refractivity contribution is -0.633. The summed E-state index contributed by atoms with van der Waals surface area (Å²) in [6.45, 7) is 13.6. The number of phenols is 1. The summed E-state index contributed by atoms with van der Waals surface area (Å²) in [6.07, 6.45) is 0. The summed E-state index contributed by atoms with van der Waals surface area (Å²) in [5.41, 5.74) is 15.7. The number of benzene rings is 6. The normalized spacial score (nSPS) is 11.6. The number of rotatable bonds is 7. The lowest BCUT2D eigenvalue weighted by Crippen LogP contribution is -2.31. The fraction of sp³-hybridized carbons (Fsp3) is 0.196. The molecule has 0 radical (unpaired) electrons. The van der Waals surface area contributed by atoms with E-state index in [1.54, 1.807) is 0 Å². The molecule has 1 heterocycles. The molecule has 0 bridgehead atoms. The van der Waals surface area contributed by atoms with Crippen LogP contribution in [0.15, 0.2) is 127 Å². The minimum absolute atomic E-state index is 0.293. The predicted molar refractivity (Wildman–Crippen MR) is 206 cm³/mol. The zero-order valence-electron chi connectivity index (χ0n) is 29.6. The second-order valence-corrected chi connectivity index (χ2v) is 13.8. The van der Waals surface area contributed by atoms with E-state index in [1.165, 1.54) is 39.0 Å². The first-order valence-electron chi connectivity index (χ1n) is 17.4. The number of nitrogens with zero attached hydrogens (tertiary/aromatic N) is 2. The maximum absolute atomic E-state index is 12.1. The average molecular weight is 642 g/mol. The standard InChI is InChI=1S/C46H44N2O/c1-29(2)34-21-15-22-35(30(3)4)44(34)48-42-26-14-13-25-41(42)47(7)46(48)43-31(5)27-28-36(32(43)6)39-23-16-24-40(45(39)49)38-20-12-11-19-37(38)33-17-9-8-10-18-33/h8-30H,1-7H3/p+1. The van der Waals surface area contributed by atoms with Gasteiger partial charge in [-0.1, -0.05) is 143 Å². The number of fused-ring (bicyclic) bond motifs is 1. The van der Waals surface area contributed by atoms with Crippen molar-refractivity contribution in [1.29, 1.82) is 0 Å². The van der Waals surface area contributed by atoms with Gasteiger partial charge in [0.2, 0.25) is 0 Å². The lowest BCUT2D eigenvalue weighted by Gasteiger charge is -2.20. The van der Waals surface area contributed by atoms with Crippen LogP contribution in [0, 0.1) is 13.8 Å². The number of para-hydroxylation sites is 4. The van der Waals surface area contributed by atoms with Crippen molar-refractivity contribution in [2.75, 3.05) is 0 Å². The van der Waals surface area contributed by atoms with E-state index in [-0.39, 0.29) is 0 Å². The monoisotopic (exact) mass is 641 g/mol. The molecule has 244 valence electrons. The van der Waals surface area contributed by atoms with Crippen LogP contribution in [0.2, 0.25) is 0 Å². The summed E-state index contributed by atoms with van der Waals surface area (Å²) in [5, 5.41) is 12.1. The van der Waals surface area contributed by atoms with Gasteiger partial charge in [-0.2, -0.15) is 4.57 Å². The van der Waals surface area contributed by atoms with Crippen molar-refractivity contribution in [3.63, 3.8) is 0 Å². The highest BCUT2D eigenvalue weighted by Gasteiger charge is 2.33. The molecule has 0 atom stereocenters. The number of hydrogen-bond donors (Lipinski definition) is 1. The molecule has 0 aliphatic carbocycles. The quantitative estimate of drug-likeness (QED) is 0.172. The van der Waals surface area contributed by atoms with Gasteiger partial charge in [-0.3, -0.25) is 0 Å². The van der Waals surface area contributed by atoms with Gasteiger partial charge in [-0.15, -0.1) is 0 Å². The van der Waals surface area contributed by atoms with E-state index in [0.717, 1.165) is 44.8 Å². The Kier molecular flexibility index (Phi) is 8.46. The van der Waals surface area contributed by atoms with E-state index >= 15 is 0 Å². The molecule has 7 rings (SSSR count). The van der Waals surface area contributed by atoms with Gasteiger partial charge in [-0.25, -0.2) is 4.57 Å². The number of aryl methyl sites for hydroxylation is 2. The number of aromatic hydroxyl groups is 1. The highest BCUT2D eigenvalue weighted by molar-refractivity contribution is 5.92. The maximum atomic E-state index is 12.1. The largest absolute Gasteiger partial charge is 0.507 e. The Labute approximate surface area is 290 Å². The van der Waals surface area contributed by atoms with Gasteiger partial charge >= 0.3 is 0 Å². The maximum Gasteiger partial charge on any atom is 0.295 e. The van der Waals surface area contributed by atoms with Gasteiger partial charge in [0.15, 0.2) is 11.0 Å². The molecule has 0 spiro atoms. The third-order valence-electron chi connectivity index (χ3n) is 10.1. The summed E-state index contributed by atoms with van der Waals surface area (Å²) in [6, 6.07) is 44.8. The number of imidazole rings is 1. The molecule has 0 saturated heterocycles. The Balaban J connectivity index is 1.50. The molecule has 3 nitrogen and oxygen atoms in total. The van der Waals surface area contributed by atoms with Crippen molar-refractivity contribution in [3.05, 3.63) is 150 Å². The lowest BCUT2D eigenvalue weighted by atomic mass is 9.88. The van der Waals surface area contributed by atoms with Crippen LogP contribution in [0.5, 0.6) is 5.75 Å². The fourth-order valence-corrected chi connectivity index (χ4v) is 7.64. The van der Waals surface area contributed by atoms with Crippen LogP contribution < -0.4 is 4.57 Å². The Bertz CT molecular complexity index is 2300. The predicted octanol–water partition coefficient (Wildman–Crippen LogP) is 11.7. The molecule has 6 aromatic carbocycles. The molecular weight excluding hydrogens is 597 g/mol. The zero-order chi connectivity index (χ0) is 34.4. The molecule has 7 aromatic rings. The smallest absolute Gasteiger partial charge is 0.295 e. The van der Waals surface area contributed by atoms with Gasteiger partial charge in [-0.05, 0) is 71.2 Å². The SMILES string of the molecule is Cc1ccc(-c2cccc(-c3ccccc3-c3ccccc3)c2O)c(C)c1-c1n(-c2c(C(C)C)cccc2C(C)C)c2ccccc2[n+]1C. The Morgan fingerprint density at radius 2 is 1.10 bits per heavy atom. The molecular formula is C46H45N2O+. The second kappa shape index (κ2) is 12.9. The van der Waals surface area contributed by atoms with Gasteiger partial charge in [0.1, 0.15) is 11.4 Å². The van der Waals surface area contributed by atoms with Crippen molar-refractivity contribution < 1.29 is 9.67 Å². The minimum Gasteiger partial charge on any atom is -0.507 e. The van der Waals surface area contributed by atoms with Crippen LogP contribution >= 0.6 is 0 Å². The molecule has 0 aliphatic heterocycles. The summed E-state index contributed by atoms with van der Waals surface area (Å²) >= 11 is 0. The first-order chi connectivity index (χ1) is 23.7. The van der Waals surface area contributed by atoms with E-state index < -0.39 is 0 Å². The molecule has 0 fully saturated rings. The van der Waals surface area contributed by atoms with Crippen LogP contribution in [0.4, 0.5) is 0 Å². The van der Waals surface area contributed by atoms with Gasteiger partial charge in [0.05, 0.1) is 12.6 Å². The van der Waals surface area contributed by atoms with Crippen molar-refractivity contribution in [2.24, 2.45) is 7.05 Å². The van der Waals surface area contributed by atoms with Crippen LogP contribution in [0.25, 0.3) is 61.5 Å². The van der Waals surface area contributed by atoms with Crippen LogP contribution in [-0.4, -0.2) is 9.67 Å². The third-order valence-corrected chi connectivity index (χ3v) is 10.1. The molecule has 1 N–H and O–H groups in total. The molecule has 0 amide bonds. The second-order valence-electron chi connectivity index (χ2n) is 13.8. The van der Waals surface area contributed by atoms with E-state index in [4.69, 9.17) is 0 Å². The topological polar surface area (TPSA) is 29.0 Å². The highest BCUT2D eigenvalue weighted by Crippen LogP contribution is 2.45. The van der Waals surface area contributed by atoms with Crippen molar-refractivity contribution >= 4 is 11.0 Å².